The van der Waals surface area contributed by atoms with E-state index in [2.05, 4.69) is 37.9 Å². The normalized spacial score (nSPS) is 12.1. The Morgan fingerprint density at radius 3 is 2.07 bits per heavy atom. The molecule has 0 aliphatic carbocycles. The molecule has 0 aliphatic rings. The van der Waals surface area contributed by atoms with Crippen LogP contribution in [0.15, 0.2) is 42.5 Å². The van der Waals surface area contributed by atoms with E-state index in [0.717, 1.165) is 55.4 Å². The third kappa shape index (κ3) is 7.13. The maximum atomic E-state index is 6.29. The topological polar surface area (TPSA) is 40.2 Å². The van der Waals surface area contributed by atoms with E-state index in [1.807, 2.05) is 30.3 Å². The number of ether oxygens (including phenoxy) is 4. The Balaban J connectivity index is 1.81. The molecule has 30 heavy (non-hydrogen) atoms. The van der Waals surface area contributed by atoms with Crippen LogP contribution in [0.3, 0.4) is 0 Å². The summed E-state index contributed by atoms with van der Waals surface area (Å²) in [6, 6.07) is 14.0. The predicted molar refractivity (Wildman–Crippen MR) is 122 cm³/mol. The van der Waals surface area contributed by atoms with Crippen LogP contribution in [0.2, 0.25) is 0 Å². The summed E-state index contributed by atoms with van der Waals surface area (Å²) in [6.07, 6.45) is 3.24. The molecular weight excluding hydrogens is 378 g/mol. The van der Waals surface area contributed by atoms with E-state index in [0.29, 0.717) is 5.92 Å². The zero-order chi connectivity index (χ0) is 21.9. The van der Waals surface area contributed by atoms with Crippen molar-refractivity contribution in [2.45, 2.75) is 39.2 Å². The fourth-order valence-corrected chi connectivity index (χ4v) is 3.44. The van der Waals surface area contributed by atoms with Crippen molar-refractivity contribution < 1.29 is 18.9 Å². The smallest absolute Gasteiger partial charge is 0.161 e. The number of para-hydroxylation sites is 2. The van der Waals surface area contributed by atoms with Gasteiger partial charge in [-0.2, -0.15) is 0 Å². The van der Waals surface area contributed by atoms with Crippen LogP contribution in [0.25, 0.3) is 0 Å². The Bertz CT molecular complexity index is 763. The lowest BCUT2D eigenvalue weighted by molar-refractivity contribution is 0.130. The van der Waals surface area contributed by atoms with Crippen molar-refractivity contribution in [3.8, 4) is 23.0 Å². The Morgan fingerprint density at radius 2 is 1.43 bits per heavy atom. The van der Waals surface area contributed by atoms with Gasteiger partial charge >= 0.3 is 0 Å². The quantitative estimate of drug-likeness (QED) is 0.457. The van der Waals surface area contributed by atoms with Gasteiger partial charge in [0.15, 0.2) is 23.0 Å². The van der Waals surface area contributed by atoms with Gasteiger partial charge < -0.3 is 23.8 Å². The number of likely N-dealkylation sites (N-methyl/N-ethyl adjacent to an activating group) is 1. The van der Waals surface area contributed by atoms with Crippen LogP contribution >= 0.6 is 0 Å². The predicted octanol–water partition coefficient (Wildman–Crippen LogP) is 5.07. The second kappa shape index (κ2) is 12.3. The summed E-state index contributed by atoms with van der Waals surface area (Å²) in [5.74, 6) is 3.60. The zero-order valence-corrected chi connectivity index (χ0v) is 19.3. The van der Waals surface area contributed by atoms with Gasteiger partial charge in [-0.25, -0.2) is 0 Å². The van der Waals surface area contributed by atoms with Crippen LogP contribution in [0.4, 0.5) is 0 Å². The van der Waals surface area contributed by atoms with Crippen molar-refractivity contribution >= 4 is 0 Å². The number of benzene rings is 2. The fourth-order valence-electron chi connectivity index (χ4n) is 3.44. The molecule has 0 fully saturated rings. The molecule has 2 aromatic carbocycles. The Hall–Kier alpha value is -2.40. The third-order valence-electron chi connectivity index (χ3n) is 5.35. The van der Waals surface area contributed by atoms with E-state index in [4.69, 9.17) is 18.9 Å². The van der Waals surface area contributed by atoms with Gasteiger partial charge in [-0.3, -0.25) is 0 Å². The molecule has 0 aromatic heterocycles. The van der Waals surface area contributed by atoms with E-state index >= 15 is 0 Å². The van der Waals surface area contributed by atoms with E-state index in [9.17, 15) is 0 Å². The second-order valence-electron chi connectivity index (χ2n) is 7.94. The van der Waals surface area contributed by atoms with E-state index in [1.54, 1.807) is 21.3 Å². The molecule has 0 N–H and O–H groups in total. The highest BCUT2D eigenvalue weighted by Gasteiger charge is 2.17. The SMILES string of the molecule is COc1ccc(CCN(C)CCCC(Oc2ccccc2OC)C(C)C)cc1OC. The molecule has 2 rings (SSSR count). The highest BCUT2D eigenvalue weighted by atomic mass is 16.5. The molecule has 1 atom stereocenters. The van der Waals surface area contributed by atoms with Gasteiger partial charge in [0.1, 0.15) is 6.10 Å². The second-order valence-corrected chi connectivity index (χ2v) is 7.94. The van der Waals surface area contributed by atoms with Crippen molar-refractivity contribution in [1.29, 1.82) is 0 Å². The molecule has 0 saturated carbocycles. The Kier molecular flexibility index (Phi) is 9.81. The average Bonchev–Trinajstić information content (AvgIpc) is 2.76. The molecule has 0 bridgehead atoms. The van der Waals surface area contributed by atoms with Crippen molar-refractivity contribution in [3.63, 3.8) is 0 Å². The molecule has 0 radical (unpaired) electrons. The molecular formula is C25H37NO4. The van der Waals surface area contributed by atoms with Gasteiger partial charge in [-0.05, 0) is 68.6 Å². The Morgan fingerprint density at radius 1 is 0.800 bits per heavy atom. The fraction of sp³-hybridized carbons (Fsp3) is 0.520. The first-order valence-corrected chi connectivity index (χ1v) is 10.7. The van der Waals surface area contributed by atoms with Gasteiger partial charge in [0.25, 0.3) is 0 Å². The Labute approximate surface area is 181 Å². The first-order chi connectivity index (χ1) is 14.5. The van der Waals surface area contributed by atoms with Crippen LogP contribution in [0, 0.1) is 5.92 Å². The lowest BCUT2D eigenvalue weighted by Gasteiger charge is -2.25. The van der Waals surface area contributed by atoms with E-state index in [1.165, 1.54) is 5.56 Å². The first-order valence-electron chi connectivity index (χ1n) is 10.7. The molecule has 5 nitrogen and oxygen atoms in total. The minimum atomic E-state index is 0.167. The van der Waals surface area contributed by atoms with E-state index < -0.39 is 0 Å². The molecule has 5 heteroatoms. The largest absolute Gasteiger partial charge is 0.493 e. The maximum absolute atomic E-state index is 6.29. The van der Waals surface area contributed by atoms with Gasteiger partial charge in [0.05, 0.1) is 21.3 Å². The maximum Gasteiger partial charge on any atom is 0.161 e. The first kappa shape index (κ1) is 23.9. The van der Waals surface area contributed by atoms with E-state index in [-0.39, 0.29) is 6.10 Å². The van der Waals surface area contributed by atoms with Crippen LogP contribution < -0.4 is 18.9 Å². The molecule has 0 saturated heterocycles. The van der Waals surface area contributed by atoms with Crippen molar-refractivity contribution in [2.75, 3.05) is 41.5 Å². The molecule has 0 spiro atoms. The summed E-state index contributed by atoms with van der Waals surface area (Å²) in [7, 11) is 7.19. The summed E-state index contributed by atoms with van der Waals surface area (Å²) >= 11 is 0. The van der Waals surface area contributed by atoms with Crippen LogP contribution in [-0.4, -0.2) is 52.5 Å². The summed E-state index contributed by atoms with van der Waals surface area (Å²) in [5, 5.41) is 0. The highest BCUT2D eigenvalue weighted by molar-refractivity contribution is 5.43. The molecule has 0 aliphatic heterocycles. The average molecular weight is 416 g/mol. The minimum absolute atomic E-state index is 0.167. The zero-order valence-electron chi connectivity index (χ0n) is 19.3. The molecule has 166 valence electrons. The lowest BCUT2D eigenvalue weighted by atomic mass is 10.0. The van der Waals surface area contributed by atoms with Gasteiger partial charge in [-0.15, -0.1) is 0 Å². The minimum Gasteiger partial charge on any atom is -0.493 e. The number of rotatable bonds is 13. The van der Waals surface area contributed by atoms with Crippen LogP contribution in [-0.2, 0) is 6.42 Å². The highest BCUT2D eigenvalue weighted by Crippen LogP contribution is 2.29. The summed E-state index contributed by atoms with van der Waals surface area (Å²) in [4.78, 5) is 2.37. The lowest BCUT2D eigenvalue weighted by Crippen LogP contribution is -2.27. The molecule has 1 unspecified atom stereocenters. The number of hydrogen-bond acceptors (Lipinski definition) is 5. The number of hydrogen-bond donors (Lipinski definition) is 0. The van der Waals surface area contributed by atoms with Crippen molar-refractivity contribution in [1.82, 2.24) is 4.90 Å². The third-order valence-corrected chi connectivity index (χ3v) is 5.35. The van der Waals surface area contributed by atoms with Gasteiger partial charge in [0, 0.05) is 6.54 Å². The van der Waals surface area contributed by atoms with Crippen LogP contribution in [0.1, 0.15) is 32.3 Å². The standard InChI is InChI=1S/C25H37NO4/c1-19(2)21(30-24-11-8-7-10-22(24)27-4)12-9-16-26(3)17-15-20-13-14-23(28-5)25(18-20)29-6/h7-8,10-11,13-14,18-19,21H,9,12,15-17H2,1-6H3. The summed E-state index contributed by atoms with van der Waals surface area (Å²) in [6.45, 7) is 6.45. The summed E-state index contributed by atoms with van der Waals surface area (Å²) < 4.78 is 22.4. The van der Waals surface area contributed by atoms with Crippen molar-refractivity contribution in [2.24, 2.45) is 5.92 Å². The molecule has 0 amide bonds. The summed E-state index contributed by atoms with van der Waals surface area (Å²) in [5.41, 5.74) is 1.25. The van der Waals surface area contributed by atoms with Crippen molar-refractivity contribution in [3.05, 3.63) is 48.0 Å². The monoisotopic (exact) mass is 415 g/mol. The van der Waals surface area contributed by atoms with Crippen LogP contribution in [0.5, 0.6) is 23.0 Å². The van der Waals surface area contributed by atoms with Gasteiger partial charge in [0.2, 0.25) is 0 Å². The molecule has 0 heterocycles. The number of methoxy groups -OCH3 is 3. The van der Waals surface area contributed by atoms with Gasteiger partial charge in [-0.1, -0.05) is 32.0 Å². The molecule has 2 aromatic rings. The number of nitrogens with zero attached hydrogens (tertiary/aromatic N) is 1.